The van der Waals surface area contributed by atoms with Crippen LogP contribution in [0.2, 0.25) is 0 Å². The number of likely N-dealkylation sites (tertiary alicyclic amines) is 1. The van der Waals surface area contributed by atoms with E-state index in [1.807, 2.05) is 55.5 Å². The van der Waals surface area contributed by atoms with Gasteiger partial charge in [0.05, 0.1) is 13.7 Å². The summed E-state index contributed by atoms with van der Waals surface area (Å²) in [5.74, 6) is 1.52. The monoisotopic (exact) mass is 481 g/mol. The van der Waals surface area contributed by atoms with Gasteiger partial charge in [-0.05, 0) is 80.6 Å². The highest BCUT2D eigenvalue weighted by Crippen LogP contribution is 2.34. The number of rotatable bonds is 10. The summed E-state index contributed by atoms with van der Waals surface area (Å²) in [7, 11) is 1.63. The van der Waals surface area contributed by atoms with Crippen LogP contribution in [0, 0.1) is 5.92 Å². The maximum absolute atomic E-state index is 13.3. The van der Waals surface area contributed by atoms with Gasteiger partial charge in [0.2, 0.25) is 0 Å². The van der Waals surface area contributed by atoms with Crippen LogP contribution in [0.15, 0.2) is 48.5 Å². The van der Waals surface area contributed by atoms with Crippen LogP contribution >= 0.6 is 0 Å². The molecule has 8 nitrogen and oxygen atoms in total. The molecule has 0 spiro atoms. The highest BCUT2D eigenvalue weighted by atomic mass is 16.5. The van der Waals surface area contributed by atoms with Crippen molar-refractivity contribution in [2.45, 2.75) is 38.3 Å². The van der Waals surface area contributed by atoms with Gasteiger partial charge in [-0.15, -0.1) is 0 Å². The van der Waals surface area contributed by atoms with Crippen LogP contribution in [0.25, 0.3) is 0 Å². The van der Waals surface area contributed by atoms with Gasteiger partial charge in [0.1, 0.15) is 23.6 Å². The van der Waals surface area contributed by atoms with Crippen molar-refractivity contribution in [3.05, 3.63) is 59.7 Å². The molecular weight excluding hydrogens is 446 g/mol. The Bertz CT molecular complexity index is 1000. The second kappa shape index (κ2) is 11.1. The number of aliphatic hydroxyl groups is 1. The van der Waals surface area contributed by atoms with Crippen molar-refractivity contribution in [2.75, 3.05) is 40.0 Å². The van der Waals surface area contributed by atoms with Gasteiger partial charge >= 0.3 is 6.03 Å². The third-order valence-corrected chi connectivity index (χ3v) is 7.18. The van der Waals surface area contributed by atoms with E-state index in [1.54, 1.807) is 7.11 Å². The smallest absolute Gasteiger partial charge is 0.325 e. The third kappa shape index (κ3) is 5.77. The topological polar surface area (TPSA) is 91.3 Å². The first-order chi connectivity index (χ1) is 16.9. The lowest BCUT2D eigenvalue weighted by molar-refractivity contribution is -0.133. The van der Waals surface area contributed by atoms with Crippen molar-refractivity contribution in [2.24, 2.45) is 5.92 Å². The number of hydrogen-bond acceptors (Lipinski definition) is 6. The first-order valence-electron chi connectivity index (χ1n) is 12.2. The Labute approximate surface area is 206 Å². The van der Waals surface area contributed by atoms with E-state index in [4.69, 9.17) is 14.6 Å². The summed E-state index contributed by atoms with van der Waals surface area (Å²) in [6, 6.07) is 15.3. The summed E-state index contributed by atoms with van der Waals surface area (Å²) in [6.45, 7) is 5.11. The lowest BCUT2D eigenvalue weighted by Crippen LogP contribution is -2.53. The summed E-state index contributed by atoms with van der Waals surface area (Å²) >= 11 is 0. The number of hydrogen-bond donors (Lipinski definition) is 2. The largest absolute Gasteiger partial charge is 0.497 e. The fourth-order valence-electron chi connectivity index (χ4n) is 5.01. The average molecular weight is 482 g/mol. The van der Waals surface area contributed by atoms with Gasteiger partial charge in [-0.25, -0.2) is 4.79 Å². The number of urea groups is 1. The number of nitrogens with zero attached hydrogens (tertiary/aromatic N) is 2. The van der Waals surface area contributed by atoms with Crippen molar-refractivity contribution in [1.82, 2.24) is 15.1 Å². The molecule has 2 saturated heterocycles. The predicted molar refractivity (Wildman–Crippen MR) is 132 cm³/mol. The van der Waals surface area contributed by atoms with Crippen LogP contribution < -0.4 is 14.8 Å². The second-order valence-electron chi connectivity index (χ2n) is 9.45. The summed E-state index contributed by atoms with van der Waals surface area (Å²) in [4.78, 5) is 29.8. The summed E-state index contributed by atoms with van der Waals surface area (Å²) < 4.78 is 10.6. The summed E-state index contributed by atoms with van der Waals surface area (Å²) in [5, 5.41) is 11.9. The molecule has 2 fully saturated rings. The van der Waals surface area contributed by atoms with Crippen molar-refractivity contribution in [1.29, 1.82) is 0 Å². The number of aliphatic hydroxyl groups excluding tert-OH is 1. The van der Waals surface area contributed by atoms with Crippen molar-refractivity contribution >= 4 is 11.9 Å². The van der Waals surface area contributed by atoms with E-state index in [-0.39, 0.29) is 24.5 Å². The zero-order valence-corrected chi connectivity index (χ0v) is 20.5. The number of methoxy groups -OCH3 is 1. The van der Waals surface area contributed by atoms with Gasteiger partial charge in [0.15, 0.2) is 0 Å². The van der Waals surface area contributed by atoms with E-state index in [1.165, 1.54) is 10.5 Å². The van der Waals surface area contributed by atoms with E-state index < -0.39 is 5.54 Å². The van der Waals surface area contributed by atoms with Gasteiger partial charge in [-0.1, -0.05) is 24.3 Å². The Morgan fingerprint density at radius 3 is 2.26 bits per heavy atom. The fraction of sp³-hybridized carbons (Fsp3) is 0.481. The van der Waals surface area contributed by atoms with E-state index >= 15 is 0 Å². The molecule has 0 aromatic heterocycles. The molecule has 188 valence electrons. The van der Waals surface area contributed by atoms with Crippen LogP contribution in [0.1, 0.15) is 30.9 Å². The molecule has 3 amide bonds. The molecule has 2 aromatic rings. The molecule has 0 radical (unpaired) electrons. The van der Waals surface area contributed by atoms with Crippen molar-refractivity contribution in [3.8, 4) is 11.5 Å². The van der Waals surface area contributed by atoms with Gasteiger partial charge in [0, 0.05) is 13.1 Å². The number of amides is 3. The molecule has 0 saturated carbocycles. The maximum Gasteiger partial charge on any atom is 0.325 e. The zero-order chi connectivity index (χ0) is 24.8. The van der Waals surface area contributed by atoms with E-state index in [2.05, 4.69) is 10.2 Å². The molecule has 4 rings (SSSR count). The molecule has 2 aliphatic heterocycles. The normalized spacial score (nSPS) is 21.3. The van der Waals surface area contributed by atoms with Crippen molar-refractivity contribution in [3.63, 3.8) is 0 Å². The highest BCUT2D eigenvalue weighted by Gasteiger charge is 2.52. The van der Waals surface area contributed by atoms with Crippen LogP contribution in [-0.2, 0) is 17.8 Å². The standard InChI is InChI=1S/C27H35N3O5/c1-27(25(32)30(26(33)28-27)16-11-20-3-7-23(34-2)8-4-20)22-12-14-29(15-13-22)19-21-5-9-24(10-6-21)35-18-17-31/h3-10,22,31H,11-19H2,1-2H3,(H,28,33)/t27-/m0/s1. The fourth-order valence-corrected chi connectivity index (χ4v) is 5.01. The maximum atomic E-state index is 13.3. The van der Waals surface area contributed by atoms with Gasteiger partial charge in [-0.3, -0.25) is 14.6 Å². The molecule has 1 atom stereocenters. The van der Waals surface area contributed by atoms with E-state index in [0.717, 1.165) is 49.5 Å². The SMILES string of the molecule is COc1ccc(CCN2C(=O)N[C@@](C)(C3CCN(Cc4ccc(OCCO)cc4)CC3)C2=O)cc1. The van der Waals surface area contributed by atoms with E-state index in [9.17, 15) is 9.59 Å². The number of carbonyl (C=O) groups is 2. The van der Waals surface area contributed by atoms with Crippen LogP contribution in [0.3, 0.4) is 0 Å². The third-order valence-electron chi connectivity index (χ3n) is 7.18. The molecular formula is C27H35N3O5. The van der Waals surface area contributed by atoms with E-state index in [0.29, 0.717) is 19.6 Å². The second-order valence-corrected chi connectivity index (χ2v) is 9.45. The summed E-state index contributed by atoms with van der Waals surface area (Å²) in [6.07, 6.45) is 2.32. The number of ether oxygens (including phenoxy) is 2. The molecule has 35 heavy (non-hydrogen) atoms. The lowest BCUT2D eigenvalue weighted by Gasteiger charge is -2.39. The lowest BCUT2D eigenvalue weighted by atomic mass is 9.79. The Balaban J connectivity index is 1.29. The molecule has 8 heteroatoms. The molecule has 0 unspecified atom stereocenters. The number of benzene rings is 2. The zero-order valence-electron chi connectivity index (χ0n) is 20.5. The molecule has 2 aromatic carbocycles. The molecule has 2 aliphatic rings. The Morgan fingerprint density at radius 2 is 1.63 bits per heavy atom. The quantitative estimate of drug-likeness (QED) is 0.507. The number of carbonyl (C=O) groups excluding carboxylic acids is 2. The minimum atomic E-state index is -0.852. The van der Waals surface area contributed by atoms with Gasteiger partial charge < -0.3 is 19.9 Å². The first-order valence-corrected chi connectivity index (χ1v) is 12.2. The van der Waals surface area contributed by atoms with Crippen molar-refractivity contribution < 1.29 is 24.2 Å². The molecule has 2 N–H and O–H groups in total. The predicted octanol–water partition coefficient (Wildman–Crippen LogP) is 2.83. The van der Waals surface area contributed by atoms with Crippen LogP contribution in [-0.4, -0.2) is 72.3 Å². The Morgan fingerprint density at radius 1 is 1.00 bits per heavy atom. The minimum absolute atomic E-state index is 0.000989. The van der Waals surface area contributed by atoms with Crippen LogP contribution in [0.5, 0.6) is 11.5 Å². The molecule has 0 bridgehead atoms. The van der Waals surface area contributed by atoms with Gasteiger partial charge in [0.25, 0.3) is 5.91 Å². The minimum Gasteiger partial charge on any atom is -0.497 e. The number of imide groups is 1. The highest BCUT2D eigenvalue weighted by molar-refractivity contribution is 6.07. The average Bonchev–Trinajstić information content (AvgIpc) is 3.11. The Kier molecular flexibility index (Phi) is 7.93. The molecule has 2 heterocycles. The number of piperidine rings is 1. The number of nitrogens with one attached hydrogen (secondary N) is 1. The molecule has 0 aliphatic carbocycles. The summed E-state index contributed by atoms with van der Waals surface area (Å²) in [5.41, 5.74) is 1.40. The first kappa shape index (κ1) is 25.0. The van der Waals surface area contributed by atoms with Gasteiger partial charge in [-0.2, -0.15) is 0 Å². The Hall–Kier alpha value is -3.10. The van der Waals surface area contributed by atoms with Crippen LogP contribution in [0.4, 0.5) is 4.79 Å².